The fourth-order valence-corrected chi connectivity index (χ4v) is 7.09. The lowest BCUT2D eigenvalue weighted by Crippen LogP contribution is -2.58. The Balaban J connectivity index is 0.00000120. The lowest BCUT2D eigenvalue weighted by molar-refractivity contribution is -0.142. The summed E-state index contributed by atoms with van der Waals surface area (Å²) in [4.78, 5) is 128. The van der Waals surface area contributed by atoms with Crippen molar-refractivity contribution in [2.24, 2.45) is 38.7 Å². The quantitative estimate of drug-likeness (QED) is 0.0552. The van der Waals surface area contributed by atoms with E-state index in [0.717, 1.165) is 36.8 Å². The molecule has 8 amide bonds. The largest absolute Gasteiger partial charge is 0.480 e. The molecule has 26 heteroatoms. The molecular formula is C49H76N16O10. The van der Waals surface area contributed by atoms with Crippen LogP contribution >= 0.6 is 0 Å². The molecule has 1 fully saturated rings. The number of benzene rings is 2. The maximum atomic E-state index is 13.9. The van der Waals surface area contributed by atoms with Crippen LogP contribution in [0, 0.1) is 0 Å². The molecule has 26 nitrogen and oxygen atoms in total. The summed E-state index contributed by atoms with van der Waals surface area (Å²) in [7, 11) is 0. The molecular weight excluding hydrogens is 973 g/mol. The van der Waals surface area contributed by atoms with Gasteiger partial charge in [0, 0.05) is 62.9 Å². The van der Waals surface area contributed by atoms with E-state index >= 15 is 0 Å². The number of nitrogens with one attached hydrogen (secondary N) is 9. The number of carboxylic acids is 1. The number of aliphatic carboxylic acids is 1. The van der Waals surface area contributed by atoms with Gasteiger partial charge in [-0.1, -0.05) is 62.4 Å². The molecule has 1 aliphatic rings. The van der Waals surface area contributed by atoms with Gasteiger partial charge in [0.2, 0.25) is 47.3 Å². The highest BCUT2D eigenvalue weighted by Gasteiger charge is 2.32. The second-order valence-electron chi connectivity index (χ2n) is 17.2. The fraction of sp³-hybridized carbons (Fsp3) is 0.490. The topological polar surface area (TPSA) is 441 Å². The van der Waals surface area contributed by atoms with Crippen LogP contribution in [-0.4, -0.2) is 145 Å². The number of carbonyl (C=O) groups is 9. The molecule has 0 spiro atoms. The fourth-order valence-electron chi connectivity index (χ4n) is 7.09. The number of H-pyrrole nitrogens is 1. The average molecular weight is 1050 g/mol. The van der Waals surface area contributed by atoms with Gasteiger partial charge in [-0.3, -0.25) is 48.3 Å². The number of nitrogens with zero attached hydrogens (tertiary/aromatic N) is 2. The van der Waals surface area contributed by atoms with Crippen molar-refractivity contribution in [1.82, 2.24) is 47.5 Å². The number of carboxylic acid groups (broad SMARTS) is 1. The molecule has 1 saturated heterocycles. The summed E-state index contributed by atoms with van der Waals surface area (Å²) in [5.41, 5.74) is 27.8. The number of fused-ring (bicyclic) bond motifs is 1. The van der Waals surface area contributed by atoms with Gasteiger partial charge >= 0.3 is 5.97 Å². The van der Waals surface area contributed by atoms with Crippen LogP contribution in [0.4, 0.5) is 0 Å². The minimum atomic E-state index is -1.41. The number of nitrogens with two attached hydrogens (primary N) is 5. The van der Waals surface area contributed by atoms with E-state index in [4.69, 9.17) is 28.7 Å². The molecule has 1 aliphatic heterocycles. The summed E-state index contributed by atoms with van der Waals surface area (Å²) in [5.74, 6) is -6.74. The number of aromatic amines is 1. The third-order valence-electron chi connectivity index (χ3n) is 10.9. The Kier molecular flexibility index (Phi) is 29.3. The summed E-state index contributed by atoms with van der Waals surface area (Å²) in [6.45, 7) is 5.75. The van der Waals surface area contributed by atoms with Crippen LogP contribution in [0.5, 0.6) is 0 Å². The summed E-state index contributed by atoms with van der Waals surface area (Å²) in [6.07, 6.45) is 3.37. The molecule has 0 saturated carbocycles. The number of carbonyl (C=O) groups excluding carboxylic acids is 8. The first kappa shape index (κ1) is 62.8. The van der Waals surface area contributed by atoms with Crippen molar-refractivity contribution in [3.63, 3.8) is 0 Å². The predicted octanol–water partition coefficient (Wildman–Crippen LogP) is -2.52. The van der Waals surface area contributed by atoms with Gasteiger partial charge in [0.25, 0.3) is 0 Å². The molecule has 1 aromatic heterocycles. The van der Waals surface area contributed by atoms with Gasteiger partial charge in [-0.25, -0.2) is 4.79 Å². The minimum Gasteiger partial charge on any atom is -0.480 e. The molecule has 0 bridgehead atoms. The number of guanidine groups is 2. The molecule has 3 unspecified atom stereocenters. The Morgan fingerprint density at radius 3 is 1.93 bits per heavy atom. The number of rotatable bonds is 15. The van der Waals surface area contributed by atoms with Gasteiger partial charge in [-0.15, -0.1) is 0 Å². The third kappa shape index (κ3) is 25.8. The second-order valence-corrected chi connectivity index (χ2v) is 17.2. The first-order chi connectivity index (χ1) is 35.8. The minimum absolute atomic E-state index is 0.00901. The molecule has 412 valence electrons. The highest BCUT2D eigenvalue weighted by Crippen LogP contribution is 2.19. The van der Waals surface area contributed by atoms with E-state index in [1.807, 2.05) is 32.0 Å². The highest BCUT2D eigenvalue weighted by molar-refractivity contribution is 5.97. The van der Waals surface area contributed by atoms with E-state index in [9.17, 15) is 48.3 Å². The summed E-state index contributed by atoms with van der Waals surface area (Å²) >= 11 is 0. The Hall–Kier alpha value is -8.29. The van der Waals surface area contributed by atoms with E-state index in [2.05, 4.69) is 57.5 Å². The number of hydrogen-bond acceptors (Lipinski definition) is 12. The van der Waals surface area contributed by atoms with Gasteiger partial charge < -0.3 is 81.3 Å². The van der Waals surface area contributed by atoms with Crippen molar-refractivity contribution in [1.29, 1.82) is 0 Å². The Morgan fingerprint density at radius 1 is 0.720 bits per heavy atom. The number of aromatic nitrogens is 1. The summed E-state index contributed by atoms with van der Waals surface area (Å²) in [5, 5.41) is 31.1. The average Bonchev–Trinajstić information content (AvgIpc) is 3.79. The smallest absolute Gasteiger partial charge is 0.326 e. The molecule has 2 aromatic carbocycles. The van der Waals surface area contributed by atoms with Crippen molar-refractivity contribution in [3.05, 3.63) is 71.9 Å². The van der Waals surface area contributed by atoms with Crippen LogP contribution in [0.2, 0.25) is 0 Å². The first-order valence-corrected chi connectivity index (χ1v) is 24.7. The first-order valence-electron chi connectivity index (χ1n) is 24.7. The maximum absolute atomic E-state index is 13.9. The number of hydrogen-bond donors (Lipinski definition) is 15. The summed E-state index contributed by atoms with van der Waals surface area (Å²) < 4.78 is 0. The zero-order valence-corrected chi connectivity index (χ0v) is 42.9. The van der Waals surface area contributed by atoms with Crippen LogP contribution in [0.1, 0.15) is 83.3 Å². The number of aliphatic imine (C=N–C) groups is 2. The van der Waals surface area contributed by atoms with Crippen molar-refractivity contribution >= 4 is 76.0 Å². The Labute approximate surface area is 435 Å². The van der Waals surface area contributed by atoms with E-state index in [0.29, 0.717) is 11.1 Å². The normalized spacial score (nSPS) is 19.2. The maximum Gasteiger partial charge on any atom is 0.326 e. The van der Waals surface area contributed by atoms with Crippen LogP contribution in [0.25, 0.3) is 10.9 Å². The number of para-hydroxylation sites is 1. The van der Waals surface area contributed by atoms with Gasteiger partial charge in [0.1, 0.15) is 30.2 Å². The summed E-state index contributed by atoms with van der Waals surface area (Å²) in [6, 6.07) is 9.39. The van der Waals surface area contributed by atoms with Crippen molar-refractivity contribution < 1.29 is 48.3 Å². The molecule has 3 aromatic rings. The third-order valence-corrected chi connectivity index (χ3v) is 10.9. The van der Waals surface area contributed by atoms with Crippen LogP contribution in [0.15, 0.2) is 70.8 Å². The highest BCUT2D eigenvalue weighted by atomic mass is 16.4. The van der Waals surface area contributed by atoms with Gasteiger partial charge in [-0.05, 0) is 68.7 Å². The van der Waals surface area contributed by atoms with E-state index in [1.165, 1.54) is 6.92 Å². The van der Waals surface area contributed by atoms with Gasteiger partial charge in [-0.2, -0.15) is 0 Å². The van der Waals surface area contributed by atoms with Gasteiger partial charge in [0.05, 0.1) is 13.1 Å². The lowest BCUT2D eigenvalue weighted by Gasteiger charge is -2.25. The van der Waals surface area contributed by atoms with E-state index in [1.54, 1.807) is 42.6 Å². The zero-order valence-electron chi connectivity index (χ0n) is 42.9. The lowest BCUT2D eigenvalue weighted by atomic mass is 10.0. The number of amides is 8. The van der Waals surface area contributed by atoms with Gasteiger partial charge in [0.15, 0.2) is 11.9 Å². The Morgan fingerprint density at radius 2 is 1.33 bits per heavy atom. The van der Waals surface area contributed by atoms with E-state index in [-0.39, 0.29) is 76.4 Å². The van der Waals surface area contributed by atoms with Crippen molar-refractivity contribution in [2.45, 2.75) is 115 Å². The van der Waals surface area contributed by atoms with Crippen molar-refractivity contribution in [3.8, 4) is 0 Å². The zero-order chi connectivity index (χ0) is 55.7. The van der Waals surface area contributed by atoms with Crippen LogP contribution in [0.3, 0.4) is 0 Å². The monoisotopic (exact) mass is 1050 g/mol. The second kappa shape index (κ2) is 35.0. The molecule has 0 aliphatic carbocycles. The SMILES string of the molecule is CC(=O)NCC(=O)NC1CCC(=O)NCCCC(C(=O)O)NC(=O)[C@H](Cc2c[nH]c3ccccc23)NC(=O)CNC(=O)C(Cc2ccccc2)NC(=O)[C@H](CCCN)NC1=O.CCCN=C(N)N.CCCN=C(N)N. The molecule has 5 atom stereocenters. The molecule has 75 heavy (non-hydrogen) atoms. The molecule has 0 radical (unpaired) electrons. The standard InChI is InChI=1S/C41H54N10O10.2C4H11N3/c1-24(52)44-22-35(54)47-30-15-16-34(53)43-18-8-14-31(41(60)61)50-40(59)33(20-26-21-45-28-12-6-5-11-27(26)28)48-36(55)23-46-37(56)32(19-25-9-3-2-4-10-25)51-38(57)29(13-7-17-42)49-39(30)58;2*1-2-3-7-4(5)6/h2-6,9-12,21,29-33,45H,7-8,13-20,22-23,42H2,1H3,(H,43,53)(H,44,52)(H,46,56)(H,47,54)(H,48,55)(H,49,58)(H,50,59)(H,51,57)(H,60,61);2*2-3H2,1H3,(H4,5,6,7)/t29-,30?,31?,32?,33-;;/m0../s1. The predicted molar refractivity (Wildman–Crippen MR) is 283 cm³/mol. The molecule has 20 N–H and O–H groups in total. The molecule has 2 heterocycles. The Bertz CT molecular complexity index is 2370. The van der Waals surface area contributed by atoms with Crippen molar-refractivity contribution in [2.75, 3.05) is 39.3 Å². The van der Waals surface area contributed by atoms with E-state index < -0.39 is 96.5 Å². The van der Waals surface area contributed by atoms with Crippen LogP contribution < -0.4 is 71.2 Å². The van der Waals surface area contributed by atoms with Crippen LogP contribution in [-0.2, 0) is 56.0 Å². The molecule has 4 rings (SSSR count).